The van der Waals surface area contributed by atoms with Crippen molar-refractivity contribution in [3.05, 3.63) is 48.0 Å². The van der Waals surface area contributed by atoms with Crippen molar-refractivity contribution in [3.63, 3.8) is 0 Å². The average Bonchev–Trinajstić information content (AvgIpc) is 2.46. The molecule has 1 aliphatic rings. The molecule has 0 saturated carbocycles. The van der Waals surface area contributed by atoms with Crippen molar-refractivity contribution in [1.82, 2.24) is 16.1 Å². The number of nitrogens with one attached hydrogen (secondary N) is 3. The third-order valence-electron chi connectivity index (χ3n) is 3.48. The predicted octanol–water partition coefficient (Wildman–Crippen LogP) is 1.54. The molecule has 1 fully saturated rings. The van der Waals surface area contributed by atoms with Crippen LogP contribution in [0.25, 0.3) is 10.8 Å². The number of hydrogen-bond donors (Lipinski definition) is 3. The Bertz CT molecular complexity index is 678. The number of hydrogen-bond acceptors (Lipinski definition) is 4. The van der Waals surface area contributed by atoms with Gasteiger partial charge in [0.05, 0.1) is 6.21 Å². The summed E-state index contributed by atoms with van der Waals surface area (Å²) < 4.78 is 0. The van der Waals surface area contributed by atoms with E-state index in [1.165, 1.54) is 5.39 Å². The number of amides is 1. The van der Waals surface area contributed by atoms with Crippen molar-refractivity contribution < 1.29 is 4.79 Å². The Morgan fingerprint density at radius 1 is 1.24 bits per heavy atom. The standard InChI is InChI=1S/C16H18N4O/c1-11-9-15(21)19-16(18-11)20-17-10-13-7-4-6-12-5-2-3-8-14(12)13/h2-8,10-11,16,18,20H,9H2,1H3,(H,19,21)/b17-10+. The fourth-order valence-corrected chi connectivity index (χ4v) is 2.50. The van der Waals surface area contributed by atoms with Gasteiger partial charge in [0.2, 0.25) is 5.91 Å². The Morgan fingerprint density at radius 3 is 2.90 bits per heavy atom. The van der Waals surface area contributed by atoms with E-state index in [4.69, 9.17) is 0 Å². The summed E-state index contributed by atoms with van der Waals surface area (Å²) in [5, 5.41) is 12.6. The van der Waals surface area contributed by atoms with E-state index in [-0.39, 0.29) is 18.2 Å². The molecule has 0 spiro atoms. The fourth-order valence-electron chi connectivity index (χ4n) is 2.50. The lowest BCUT2D eigenvalue weighted by atomic mass is 10.1. The molecule has 0 aromatic heterocycles. The van der Waals surface area contributed by atoms with E-state index >= 15 is 0 Å². The molecule has 1 aliphatic heterocycles. The third-order valence-corrected chi connectivity index (χ3v) is 3.48. The van der Waals surface area contributed by atoms with Gasteiger partial charge in [-0.05, 0) is 17.7 Å². The molecule has 2 aromatic carbocycles. The maximum atomic E-state index is 11.4. The van der Waals surface area contributed by atoms with Gasteiger partial charge in [-0.15, -0.1) is 0 Å². The molecule has 5 nitrogen and oxygen atoms in total. The van der Waals surface area contributed by atoms with E-state index in [0.717, 1.165) is 10.9 Å². The summed E-state index contributed by atoms with van der Waals surface area (Å²) in [6, 6.07) is 14.4. The van der Waals surface area contributed by atoms with Crippen molar-refractivity contribution in [3.8, 4) is 0 Å². The molecular weight excluding hydrogens is 264 g/mol. The summed E-state index contributed by atoms with van der Waals surface area (Å²) in [6.45, 7) is 1.97. The van der Waals surface area contributed by atoms with Crippen LogP contribution in [0.4, 0.5) is 0 Å². The zero-order valence-corrected chi connectivity index (χ0v) is 11.8. The summed E-state index contributed by atoms with van der Waals surface area (Å²) in [7, 11) is 0. The molecule has 108 valence electrons. The zero-order valence-electron chi connectivity index (χ0n) is 11.8. The second-order valence-corrected chi connectivity index (χ2v) is 5.23. The fraction of sp³-hybridized carbons (Fsp3) is 0.250. The maximum Gasteiger partial charge on any atom is 0.224 e. The molecule has 2 aromatic rings. The van der Waals surface area contributed by atoms with Crippen LogP contribution in [0.2, 0.25) is 0 Å². The van der Waals surface area contributed by atoms with Crippen LogP contribution in [0.1, 0.15) is 18.9 Å². The number of nitrogens with zero attached hydrogens (tertiary/aromatic N) is 1. The van der Waals surface area contributed by atoms with Gasteiger partial charge in [0, 0.05) is 18.0 Å². The lowest BCUT2D eigenvalue weighted by Gasteiger charge is -2.28. The highest BCUT2D eigenvalue weighted by Crippen LogP contribution is 2.16. The SMILES string of the molecule is CC1CC(=O)NC(N/N=C/c2cccc3ccccc23)N1. The number of rotatable bonds is 3. The lowest BCUT2D eigenvalue weighted by molar-refractivity contribution is -0.124. The molecule has 21 heavy (non-hydrogen) atoms. The van der Waals surface area contributed by atoms with Crippen LogP contribution in [0.5, 0.6) is 0 Å². The first-order chi connectivity index (χ1) is 10.2. The minimum Gasteiger partial charge on any atom is -0.322 e. The first-order valence-corrected chi connectivity index (χ1v) is 7.04. The van der Waals surface area contributed by atoms with Crippen molar-refractivity contribution in [2.45, 2.75) is 25.7 Å². The summed E-state index contributed by atoms with van der Waals surface area (Å²) in [5.41, 5.74) is 3.96. The summed E-state index contributed by atoms with van der Waals surface area (Å²) in [4.78, 5) is 11.4. The van der Waals surface area contributed by atoms with E-state index in [0.29, 0.717) is 6.42 Å². The highest BCUT2D eigenvalue weighted by molar-refractivity contribution is 5.99. The molecule has 2 unspecified atom stereocenters. The molecular formula is C16H18N4O. The second-order valence-electron chi connectivity index (χ2n) is 5.23. The highest BCUT2D eigenvalue weighted by atomic mass is 16.2. The summed E-state index contributed by atoms with van der Waals surface area (Å²) in [5.74, 6) is 0.0270. The highest BCUT2D eigenvalue weighted by Gasteiger charge is 2.21. The van der Waals surface area contributed by atoms with Gasteiger partial charge in [-0.2, -0.15) is 5.10 Å². The first-order valence-electron chi connectivity index (χ1n) is 7.04. The molecule has 2 atom stereocenters. The third kappa shape index (κ3) is 3.20. The molecule has 1 saturated heterocycles. The average molecular weight is 282 g/mol. The van der Waals surface area contributed by atoms with Crippen LogP contribution in [-0.4, -0.2) is 24.5 Å². The van der Waals surface area contributed by atoms with E-state index in [9.17, 15) is 4.79 Å². The Hall–Kier alpha value is -2.40. The first kappa shape index (κ1) is 13.6. The van der Waals surface area contributed by atoms with Crippen LogP contribution in [-0.2, 0) is 4.79 Å². The molecule has 0 bridgehead atoms. The minimum absolute atomic E-state index is 0.0270. The van der Waals surface area contributed by atoms with Crippen LogP contribution < -0.4 is 16.1 Å². The maximum absolute atomic E-state index is 11.4. The van der Waals surface area contributed by atoms with Gasteiger partial charge in [0.1, 0.15) is 0 Å². The Kier molecular flexibility index (Phi) is 3.83. The van der Waals surface area contributed by atoms with Crippen molar-refractivity contribution in [2.24, 2.45) is 5.10 Å². The molecule has 3 rings (SSSR count). The van der Waals surface area contributed by atoms with Crippen LogP contribution in [0.15, 0.2) is 47.6 Å². The Morgan fingerprint density at radius 2 is 2.05 bits per heavy atom. The van der Waals surface area contributed by atoms with Gasteiger partial charge in [-0.25, -0.2) is 0 Å². The van der Waals surface area contributed by atoms with E-state index in [1.807, 2.05) is 31.2 Å². The number of fused-ring (bicyclic) bond motifs is 1. The number of benzene rings is 2. The molecule has 1 amide bonds. The quantitative estimate of drug-likeness (QED) is 0.591. The van der Waals surface area contributed by atoms with Crippen molar-refractivity contribution in [2.75, 3.05) is 0 Å². The number of hydrazone groups is 1. The molecule has 5 heteroatoms. The normalized spacial score (nSPS) is 22.4. The predicted molar refractivity (Wildman–Crippen MR) is 83.8 cm³/mol. The van der Waals surface area contributed by atoms with E-state index < -0.39 is 0 Å². The Balaban J connectivity index is 1.72. The van der Waals surface area contributed by atoms with Gasteiger partial charge >= 0.3 is 0 Å². The summed E-state index contributed by atoms with van der Waals surface area (Å²) in [6.07, 6.45) is 1.94. The lowest BCUT2D eigenvalue weighted by Crippen LogP contribution is -2.60. The van der Waals surface area contributed by atoms with Gasteiger partial charge < -0.3 is 5.32 Å². The Labute approximate surface area is 123 Å². The minimum atomic E-state index is -0.326. The monoisotopic (exact) mass is 282 g/mol. The van der Waals surface area contributed by atoms with Gasteiger partial charge in [0.15, 0.2) is 6.29 Å². The van der Waals surface area contributed by atoms with E-state index in [2.05, 4.69) is 39.4 Å². The summed E-state index contributed by atoms with van der Waals surface area (Å²) >= 11 is 0. The van der Waals surface area contributed by atoms with Crippen molar-refractivity contribution >= 4 is 22.9 Å². The molecule has 0 aliphatic carbocycles. The molecule has 3 N–H and O–H groups in total. The largest absolute Gasteiger partial charge is 0.322 e. The molecule has 0 radical (unpaired) electrons. The second kappa shape index (κ2) is 5.93. The zero-order chi connectivity index (χ0) is 14.7. The van der Waals surface area contributed by atoms with Crippen molar-refractivity contribution in [1.29, 1.82) is 0 Å². The van der Waals surface area contributed by atoms with Gasteiger partial charge in [0.25, 0.3) is 0 Å². The van der Waals surface area contributed by atoms with Crippen LogP contribution in [0, 0.1) is 0 Å². The van der Waals surface area contributed by atoms with Crippen LogP contribution >= 0.6 is 0 Å². The molecule has 1 heterocycles. The number of carbonyl (C=O) groups is 1. The van der Waals surface area contributed by atoms with E-state index in [1.54, 1.807) is 6.21 Å². The van der Waals surface area contributed by atoms with Gasteiger partial charge in [-0.1, -0.05) is 42.5 Å². The van der Waals surface area contributed by atoms with Crippen LogP contribution in [0.3, 0.4) is 0 Å². The van der Waals surface area contributed by atoms with Gasteiger partial charge in [-0.3, -0.25) is 15.5 Å². The topological polar surface area (TPSA) is 65.5 Å². The number of carbonyl (C=O) groups excluding carboxylic acids is 1. The smallest absolute Gasteiger partial charge is 0.224 e.